The van der Waals surface area contributed by atoms with E-state index in [9.17, 15) is 9.50 Å². The normalized spacial score (nSPS) is 12.9. The Hall–Kier alpha value is -0.130. The fraction of sp³-hybridized carbons (Fsp3) is 0.333. The van der Waals surface area contributed by atoms with Gasteiger partial charge in [-0.25, -0.2) is 4.39 Å². The summed E-state index contributed by atoms with van der Waals surface area (Å²) in [5, 5.41) is 12.6. The highest BCUT2D eigenvalue weighted by Gasteiger charge is 2.17. The second-order valence-corrected chi connectivity index (χ2v) is 4.58. The van der Waals surface area contributed by atoms with Gasteiger partial charge in [-0.05, 0) is 51.9 Å². The Morgan fingerprint density at radius 3 is 2.57 bits per heavy atom. The third-order valence-corrected chi connectivity index (χ3v) is 3.37. The van der Waals surface area contributed by atoms with Crippen LogP contribution in [0.15, 0.2) is 15.0 Å². The van der Waals surface area contributed by atoms with Crippen LogP contribution in [0.1, 0.15) is 18.5 Å². The third-order valence-electron chi connectivity index (χ3n) is 2.07. The summed E-state index contributed by atoms with van der Waals surface area (Å²) in [5.74, 6) is -0.554. The van der Waals surface area contributed by atoms with Gasteiger partial charge in [-0.2, -0.15) is 0 Å². The molecule has 1 atom stereocenters. The Labute approximate surface area is 98.8 Å². The van der Waals surface area contributed by atoms with Crippen LogP contribution < -0.4 is 5.32 Å². The Balaban J connectivity index is 3.33. The van der Waals surface area contributed by atoms with Crippen molar-refractivity contribution in [1.82, 2.24) is 5.32 Å². The highest BCUT2D eigenvalue weighted by Crippen LogP contribution is 2.37. The van der Waals surface area contributed by atoms with Crippen molar-refractivity contribution in [1.29, 1.82) is 0 Å². The highest BCUT2D eigenvalue weighted by molar-refractivity contribution is 9.11. The third kappa shape index (κ3) is 2.10. The molecule has 0 saturated carbocycles. The minimum atomic E-state index is -0.491. The molecule has 0 aliphatic rings. The first kappa shape index (κ1) is 11.9. The van der Waals surface area contributed by atoms with Crippen LogP contribution in [0.25, 0.3) is 0 Å². The molecule has 5 heteroatoms. The van der Waals surface area contributed by atoms with Crippen molar-refractivity contribution in [2.24, 2.45) is 0 Å². The molecule has 0 radical (unpaired) electrons. The lowest BCUT2D eigenvalue weighted by Gasteiger charge is -2.14. The number of benzene rings is 1. The molecule has 0 bridgehead atoms. The Bertz CT molecular complexity index is 357. The predicted octanol–water partition coefficient (Wildman–Crippen LogP) is 3.34. The summed E-state index contributed by atoms with van der Waals surface area (Å²) in [6, 6.07) is 1.53. The summed E-state index contributed by atoms with van der Waals surface area (Å²) >= 11 is 6.08. The van der Waals surface area contributed by atoms with Gasteiger partial charge in [0, 0.05) is 11.6 Å². The Kier molecular flexibility index (Phi) is 3.92. The van der Waals surface area contributed by atoms with Crippen molar-refractivity contribution in [3.8, 4) is 5.75 Å². The molecule has 0 aliphatic heterocycles. The van der Waals surface area contributed by atoms with E-state index in [1.54, 1.807) is 13.1 Å². The summed E-state index contributed by atoms with van der Waals surface area (Å²) in [4.78, 5) is 0. The first-order chi connectivity index (χ1) is 6.49. The van der Waals surface area contributed by atoms with Gasteiger partial charge in [-0.3, -0.25) is 0 Å². The highest BCUT2D eigenvalue weighted by atomic mass is 79.9. The molecular formula is C9H10Br2FNO. The van der Waals surface area contributed by atoms with Gasteiger partial charge in [0.2, 0.25) is 0 Å². The molecule has 1 aromatic carbocycles. The fourth-order valence-electron chi connectivity index (χ4n) is 1.09. The van der Waals surface area contributed by atoms with Crippen LogP contribution in [0, 0.1) is 5.82 Å². The maximum atomic E-state index is 13.3. The van der Waals surface area contributed by atoms with Crippen LogP contribution in [-0.2, 0) is 0 Å². The lowest BCUT2D eigenvalue weighted by atomic mass is 10.1. The summed E-state index contributed by atoms with van der Waals surface area (Å²) in [7, 11) is 1.77. The average molecular weight is 327 g/mol. The van der Waals surface area contributed by atoms with E-state index in [0.29, 0.717) is 10.0 Å². The van der Waals surface area contributed by atoms with Gasteiger partial charge in [0.15, 0.2) is 5.82 Å². The number of hydrogen-bond acceptors (Lipinski definition) is 2. The standard InChI is InChI=1S/C9H10Br2FNO/c1-4(13-2)5-3-6(10)8(12)7(11)9(5)14/h3-4,13-14H,1-2H3/t4-/m0/s1. The number of rotatable bonds is 2. The molecule has 0 amide bonds. The van der Waals surface area contributed by atoms with E-state index in [-0.39, 0.29) is 16.3 Å². The summed E-state index contributed by atoms with van der Waals surface area (Å²) in [6.07, 6.45) is 0. The maximum Gasteiger partial charge on any atom is 0.155 e. The topological polar surface area (TPSA) is 32.3 Å². The molecule has 1 rings (SSSR count). The molecule has 0 unspecified atom stereocenters. The van der Waals surface area contributed by atoms with Crippen molar-refractivity contribution < 1.29 is 9.50 Å². The van der Waals surface area contributed by atoms with E-state index in [1.807, 2.05) is 6.92 Å². The van der Waals surface area contributed by atoms with Crippen LogP contribution in [0.5, 0.6) is 5.75 Å². The quantitative estimate of drug-likeness (QED) is 0.817. The molecule has 0 aliphatic carbocycles. The summed E-state index contributed by atoms with van der Waals surface area (Å²) in [6.45, 7) is 1.88. The van der Waals surface area contributed by atoms with Crippen molar-refractivity contribution in [3.05, 3.63) is 26.4 Å². The van der Waals surface area contributed by atoms with Crippen LogP contribution >= 0.6 is 31.9 Å². The predicted molar refractivity (Wildman–Crippen MR) is 60.9 cm³/mol. The zero-order chi connectivity index (χ0) is 10.9. The van der Waals surface area contributed by atoms with E-state index < -0.39 is 5.82 Å². The number of phenols is 1. The first-order valence-corrected chi connectivity index (χ1v) is 5.61. The molecule has 1 aromatic rings. The van der Waals surface area contributed by atoms with Gasteiger partial charge in [0.25, 0.3) is 0 Å². The largest absolute Gasteiger partial charge is 0.506 e. The molecule has 0 saturated heterocycles. The number of aromatic hydroxyl groups is 1. The maximum absolute atomic E-state index is 13.3. The monoisotopic (exact) mass is 325 g/mol. The molecule has 0 heterocycles. The van der Waals surface area contributed by atoms with Crippen molar-refractivity contribution in [2.75, 3.05) is 7.05 Å². The SMILES string of the molecule is CN[C@@H](C)c1cc(Br)c(F)c(Br)c1O. The van der Waals surface area contributed by atoms with E-state index in [4.69, 9.17) is 0 Å². The van der Waals surface area contributed by atoms with Crippen LogP contribution in [0.4, 0.5) is 4.39 Å². The molecule has 0 fully saturated rings. The zero-order valence-corrected chi connectivity index (χ0v) is 10.9. The van der Waals surface area contributed by atoms with Crippen LogP contribution in [0.3, 0.4) is 0 Å². The molecule has 78 valence electrons. The van der Waals surface area contributed by atoms with Gasteiger partial charge >= 0.3 is 0 Å². The number of hydrogen-bond donors (Lipinski definition) is 2. The first-order valence-electron chi connectivity index (χ1n) is 4.02. The smallest absolute Gasteiger partial charge is 0.155 e. The average Bonchev–Trinajstić information content (AvgIpc) is 2.19. The molecule has 0 aromatic heterocycles. The summed E-state index contributed by atoms with van der Waals surface area (Å²) in [5.41, 5.74) is 0.646. The lowest BCUT2D eigenvalue weighted by Crippen LogP contribution is -2.12. The lowest BCUT2D eigenvalue weighted by molar-refractivity contribution is 0.446. The number of nitrogens with one attached hydrogen (secondary N) is 1. The zero-order valence-electron chi connectivity index (χ0n) is 7.74. The van der Waals surface area contributed by atoms with Gasteiger partial charge in [-0.1, -0.05) is 0 Å². The van der Waals surface area contributed by atoms with Gasteiger partial charge < -0.3 is 10.4 Å². The molecule has 14 heavy (non-hydrogen) atoms. The second kappa shape index (κ2) is 4.59. The Morgan fingerprint density at radius 2 is 2.07 bits per heavy atom. The Morgan fingerprint density at radius 1 is 1.50 bits per heavy atom. The summed E-state index contributed by atoms with van der Waals surface area (Å²) < 4.78 is 13.7. The minimum Gasteiger partial charge on any atom is -0.506 e. The fourth-order valence-corrected chi connectivity index (χ4v) is 2.24. The number of phenolic OH excluding ortho intramolecular Hbond substituents is 1. The van der Waals surface area contributed by atoms with Crippen LogP contribution in [0.2, 0.25) is 0 Å². The van der Waals surface area contributed by atoms with Gasteiger partial charge in [-0.15, -0.1) is 0 Å². The van der Waals surface area contributed by atoms with Crippen LogP contribution in [-0.4, -0.2) is 12.2 Å². The molecular weight excluding hydrogens is 317 g/mol. The number of halogens is 3. The van der Waals surface area contributed by atoms with Crippen molar-refractivity contribution in [2.45, 2.75) is 13.0 Å². The van der Waals surface area contributed by atoms with E-state index >= 15 is 0 Å². The van der Waals surface area contributed by atoms with Gasteiger partial charge in [0.1, 0.15) is 5.75 Å². The van der Waals surface area contributed by atoms with Crippen molar-refractivity contribution in [3.63, 3.8) is 0 Å². The second-order valence-electron chi connectivity index (χ2n) is 2.93. The van der Waals surface area contributed by atoms with E-state index in [0.717, 1.165) is 0 Å². The van der Waals surface area contributed by atoms with Gasteiger partial charge in [0.05, 0.1) is 8.95 Å². The van der Waals surface area contributed by atoms with Crippen molar-refractivity contribution >= 4 is 31.9 Å². The van der Waals surface area contributed by atoms with E-state index in [1.165, 1.54) is 0 Å². The molecule has 2 nitrogen and oxygen atoms in total. The molecule has 0 spiro atoms. The van der Waals surface area contributed by atoms with E-state index in [2.05, 4.69) is 37.2 Å². The minimum absolute atomic E-state index is 0.0387. The molecule has 2 N–H and O–H groups in total.